The molecule has 0 aromatic rings. The first-order valence-corrected chi connectivity index (χ1v) is 0. The van der Waals surface area contributed by atoms with Crippen molar-refractivity contribution in [3.05, 3.63) is 0 Å². The molecule has 0 bridgehead atoms. The topological polar surface area (TPSA) is 57.0 Å². The van der Waals surface area contributed by atoms with Crippen LogP contribution in [0.25, 0.3) is 0 Å². The Morgan fingerprint density at radius 3 is 0.667 bits per heavy atom. The van der Waals surface area contributed by atoms with Gasteiger partial charge in [0.1, 0.15) is 0 Å². The Bertz CT molecular complexity index is 11.5. The van der Waals surface area contributed by atoms with Crippen molar-refractivity contribution >= 4 is 0 Å². The van der Waals surface area contributed by atoms with Gasteiger partial charge in [-0.2, -0.15) is 0 Å². The van der Waals surface area contributed by atoms with E-state index in [0.29, 0.717) is 0 Å². The zero-order chi connectivity index (χ0) is 0. The second kappa shape index (κ2) is 41.5. The van der Waals surface area contributed by atoms with Crippen molar-refractivity contribution in [2.45, 2.75) is 0 Å². The average molecular weight is 413 g/mol. The molecule has 1 radical (unpaired) electrons. The summed E-state index contributed by atoms with van der Waals surface area (Å²) in [6, 6.07) is 0. The van der Waals surface area contributed by atoms with Crippen LogP contribution in [0.15, 0.2) is 0 Å². The van der Waals surface area contributed by atoms with Gasteiger partial charge in [-0.3, -0.25) is 0 Å². The van der Waals surface area contributed by atoms with Gasteiger partial charge in [-0.15, -0.1) is 0 Å². The monoisotopic (exact) mass is 416 g/mol. The zero-order valence-electron chi connectivity index (χ0n) is 2.58. The smallest absolute Gasteiger partial charge is 2.00 e. The van der Waals surface area contributed by atoms with Gasteiger partial charge in [0.2, 0.25) is 0 Å². The molecule has 0 unspecified atom stereocenters. The molecule has 0 saturated carbocycles. The van der Waals surface area contributed by atoms with Gasteiger partial charge in [0.05, 0.1) is 0 Å². The maximum atomic E-state index is 0. The Morgan fingerprint density at radius 2 is 0.667 bits per heavy atom. The second-order valence-electron chi connectivity index (χ2n) is 0. The van der Waals surface area contributed by atoms with E-state index in [4.69, 9.17) is 0 Å². The summed E-state index contributed by atoms with van der Waals surface area (Å²) in [7, 11) is 0. The fourth-order valence-corrected chi connectivity index (χ4v) is 0. The molecular weight excluding hydrogens is 413 g/mol. The molecule has 0 fully saturated rings. The Hall–Kier alpha value is 3.21. The van der Waals surface area contributed by atoms with Crippen molar-refractivity contribution in [3.8, 4) is 0 Å². The van der Waals surface area contributed by atoms with Crippen LogP contribution in [0.5, 0.6) is 0 Å². The van der Waals surface area contributed by atoms with Gasteiger partial charge in [0.25, 0.3) is 0 Å². The third-order valence-corrected chi connectivity index (χ3v) is 0. The molecule has 6 heteroatoms. The first-order valence-electron chi connectivity index (χ1n) is 0. The molecule has 0 rings (SSSR count). The van der Waals surface area contributed by atoms with E-state index in [1.807, 2.05) is 0 Å². The van der Waals surface area contributed by atoms with Crippen LogP contribution in [0.4, 0.5) is 0 Å². The fraction of sp³-hybridized carbons (Fsp3) is 0. The minimum absolute atomic E-state index is 0. The van der Waals surface area contributed by atoms with Crippen molar-refractivity contribution in [1.82, 2.24) is 0 Å². The van der Waals surface area contributed by atoms with Crippen LogP contribution >= 0.6 is 0 Å². The van der Waals surface area contributed by atoms with Crippen molar-refractivity contribution in [1.29, 1.82) is 0 Å². The van der Waals surface area contributed by atoms with Gasteiger partial charge in [0, 0.05) is 0 Å². The third-order valence-electron chi connectivity index (χ3n) is 0. The van der Waals surface area contributed by atoms with Crippen molar-refractivity contribution in [2.24, 2.45) is 0 Å². The van der Waals surface area contributed by atoms with Gasteiger partial charge in [-0.25, -0.2) is 0 Å². The van der Waals surface area contributed by atoms with Crippen LogP contribution in [0.3, 0.4) is 0 Å². The number of hydrogen-bond acceptors (Lipinski definition) is 0. The molecule has 0 aromatic heterocycles. The van der Waals surface area contributed by atoms with E-state index in [1.165, 1.54) is 0 Å². The third kappa shape index (κ3) is 27.0. The summed E-state index contributed by atoms with van der Waals surface area (Å²) in [5.74, 6) is 0. The average Bonchev–Trinajstić information content (AvgIpc) is 0. The Balaban J connectivity index is 0. The van der Waals surface area contributed by atoms with E-state index in [2.05, 4.69) is 0 Å². The SMILES string of the molecule is [Cd+2].[Fe+2].[Fe+2].[Gd+3].[O-2].[O-2]. The van der Waals surface area contributed by atoms with Crippen LogP contribution in [-0.2, 0) is 72.4 Å². The number of rotatable bonds is 0. The van der Waals surface area contributed by atoms with Crippen molar-refractivity contribution < 1.29 is 112 Å². The van der Waals surface area contributed by atoms with E-state index in [9.17, 15) is 0 Å². The molecule has 6 heavy (non-hydrogen) atoms. The maximum absolute atomic E-state index is 0. The summed E-state index contributed by atoms with van der Waals surface area (Å²) in [4.78, 5) is 0. The summed E-state index contributed by atoms with van der Waals surface area (Å²) < 4.78 is 0. The molecular formula is CdFe2GdO2+5. The summed E-state index contributed by atoms with van der Waals surface area (Å²) in [5.41, 5.74) is 0. The van der Waals surface area contributed by atoms with E-state index < -0.39 is 0 Å². The second-order valence-corrected chi connectivity index (χ2v) is 0. The largest absolute Gasteiger partial charge is 3.00 e. The molecule has 0 amide bonds. The summed E-state index contributed by atoms with van der Waals surface area (Å²) in [5, 5.41) is 0. The van der Waals surface area contributed by atoms with E-state index >= 15 is 0 Å². The van der Waals surface area contributed by atoms with Crippen molar-refractivity contribution in [2.75, 3.05) is 0 Å². The summed E-state index contributed by atoms with van der Waals surface area (Å²) >= 11 is 0. The molecule has 0 N–H and O–H groups in total. The maximum Gasteiger partial charge on any atom is 3.00 e. The minimum atomic E-state index is 0. The molecule has 0 saturated heterocycles. The van der Waals surface area contributed by atoms with Crippen LogP contribution < -0.4 is 0 Å². The van der Waals surface area contributed by atoms with Crippen LogP contribution in [-0.4, -0.2) is 0 Å². The van der Waals surface area contributed by atoms with Gasteiger partial charge < -0.3 is 11.0 Å². The van der Waals surface area contributed by atoms with Gasteiger partial charge >= 0.3 is 101 Å². The molecule has 0 aliphatic carbocycles. The minimum Gasteiger partial charge on any atom is -2.00 e. The first-order chi connectivity index (χ1) is 0. The molecule has 2 nitrogen and oxygen atoms in total. The van der Waals surface area contributed by atoms with Crippen molar-refractivity contribution in [3.63, 3.8) is 0 Å². The molecule has 0 heterocycles. The van der Waals surface area contributed by atoms with Crippen LogP contribution in [0, 0.1) is 39.9 Å². The normalized spacial score (nSPS) is 0. The predicted octanol–water partition coefficient (Wildman–Crippen LogP) is -0.245. The van der Waals surface area contributed by atoms with Crippen LogP contribution in [0.2, 0.25) is 0 Å². The van der Waals surface area contributed by atoms with E-state index in [-0.39, 0.29) is 112 Å². The molecule has 0 aliphatic rings. The van der Waals surface area contributed by atoms with Gasteiger partial charge in [-0.05, 0) is 0 Å². The predicted molar refractivity (Wildman–Crippen MR) is 1.37 cm³/mol. The van der Waals surface area contributed by atoms with Crippen LogP contribution in [0.1, 0.15) is 0 Å². The quantitative estimate of drug-likeness (QED) is 0.493. The van der Waals surface area contributed by atoms with Gasteiger partial charge in [-0.1, -0.05) is 0 Å². The van der Waals surface area contributed by atoms with E-state index in [1.54, 1.807) is 0 Å². The zero-order valence-corrected chi connectivity index (χ0v) is 11.1. The number of hydrogen-bond donors (Lipinski definition) is 0. The summed E-state index contributed by atoms with van der Waals surface area (Å²) in [6.07, 6.45) is 0. The molecule has 0 aliphatic heterocycles. The Morgan fingerprint density at radius 1 is 0.667 bits per heavy atom. The Kier molecular flexibility index (Phi) is 417. The standard InChI is InChI=1S/Cd.2Fe.Gd.2O/q3*+2;+3;2*-2. The molecule has 0 aromatic carbocycles. The molecule has 33 valence electrons. The first kappa shape index (κ1) is 60.3. The van der Waals surface area contributed by atoms with E-state index in [0.717, 1.165) is 0 Å². The molecule has 0 spiro atoms. The van der Waals surface area contributed by atoms with Gasteiger partial charge in [0.15, 0.2) is 0 Å². The summed E-state index contributed by atoms with van der Waals surface area (Å²) in [6.45, 7) is 0. The fourth-order valence-electron chi connectivity index (χ4n) is 0. The molecule has 0 atom stereocenters. The Labute approximate surface area is 110 Å².